The number of rotatable bonds is 10. The van der Waals surface area contributed by atoms with E-state index in [1.807, 2.05) is 13.8 Å². The molecule has 2 saturated heterocycles. The molecule has 2 N–H and O–H groups in total. The highest BCUT2D eigenvalue weighted by atomic mass is 16.7. The first-order chi connectivity index (χ1) is 23.7. The van der Waals surface area contributed by atoms with Crippen LogP contribution in [0.25, 0.3) is 0 Å². The van der Waals surface area contributed by atoms with Crippen LogP contribution in [0, 0.1) is 29.1 Å². The van der Waals surface area contributed by atoms with Crippen molar-refractivity contribution in [3.63, 3.8) is 0 Å². The number of hydrogen-bond donors (Lipinski definition) is 2. The third-order valence-corrected chi connectivity index (χ3v) is 10.0. The number of aliphatic hydroxyl groups excluding tert-OH is 1. The lowest BCUT2D eigenvalue weighted by molar-refractivity contribution is -0.276. The van der Waals surface area contributed by atoms with Crippen LogP contribution in [0.4, 0.5) is 0 Å². The molecule has 1 saturated carbocycles. The van der Waals surface area contributed by atoms with Crippen molar-refractivity contribution in [3.8, 4) is 0 Å². The topological polar surface area (TPSA) is 211 Å². The van der Waals surface area contributed by atoms with E-state index in [0.717, 1.165) is 20.8 Å². The number of hydrogen-bond acceptors (Lipinski definition) is 15. The summed E-state index contributed by atoms with van der Waals surface area (Å²) in [5.41, 5.74) is -5.78. The predicted molar refractivity (Wildman–Crippen MR) is 174 cm³/mol. The van der Waals surface area contributed by atoms with Crippen LogP contribution in [0.5, 0.6) is 0 Å². The Labute approximate surface area is 296 Å². The molecule has 0 bridgehead atoms. The van der Waals surface area contributed by atoms with Gasteiger partial charge in [0.05, 0.1) is 17.9 Å². The standard InChI is InChI=1S/C36H50O15/c1-17(2)12-26(40)45-15-23-10-11-24(47-20(6)37)34(9)29(32(49-22(8)39)36(44)19(5)33(43)50-25(36)14-23)35(16-46-35)31(48-21(7)38)28(42)30(34)51-27(41)13-18(3)4/h10-11,14,17-19,24-25,28-32,42,44H,12-13,15-16H2,1-9H3/b11-10-,23-14+/t19-,24-,25-,28+,29+,30-,31+,32-,34+,35-,36-/m0/s1. The van der Waals surface area contributed by atoms with Crippen molar-refractivity contribution in [1.29, 1.82) is 0 Å². The Kier molecular flexibility index (Phi) is 11.8. The summed E-state index contributed by atoms with van der Waals surface area (Å²) in [4.78, 5) is 77.6. The zero-order valence-corrected chi connectivity index (χ0v) is 30.5. The van der Waals surface area contributed by atoms with Crippen LogP contribution >= 0.6 is 0 Å². The van der Waals surface area contributed by atoms with Crippen molar-refractivity contribution in [1.82, 2.24) is 0 Å². The minimum absolute atomic E-state index is 0.0108. The van der Waals surface area contributed by atoms with E-state index < -0.39 is 101 Å². The minimum atomic E-state index is -2.40. The Balaban J connectivity index is 2.06. The van der Waals surface area contributed by atoms with Gasteiger partial charge in [0.25, 0.3) is 0 Å². The molecule has 4 rings (SSSR count). The highest BCUT2D eigenvalue weighted by Gasteiger charge is 2.80. The van der Waals surface area contributed by atoms with E-state index >= 15 is 0 Å². The second-order valence-corrected chi connectivity index (χ2v) is 15.0. The maximum atomic E-state index is 13.4. The van der Waals surface area contributed by atoms with Crippen molar-refractivity contribution >= 4 is 35.8 Å². The molecule has 15 nitrogen and oxygen atoms in total. The van der Waals surface area contributed by atoms with E-state index in [0.29, 0.717) is 0 Å². The van der Waals surface area contributed by atoms with Gasteiger partial charge in [-0.3, -0.25) is 28.8 Å². The van der Waals surface area contributed by atoms with Gasteiger partial charge in [-0.05, 0) is 36.5 Å². The van der Waals surface area contributed by atoms with Crippen LogP contribution in [-0.2, 0) is 61.9 Å². The monoisotopic (exact) mass is 722 g/mol. The highest BCUT2D eigenvalue weighted by Crippen LogP contribution is 2.62. The van der Waals surface area contributed by atoms with Gasteiger partial charge in [-0.2, -0.15) is 0 Å². The van der Waals surface area contributed by atoms with Crippen LogP contribution in [0.15, 0.2) is 23.8 Å². The van der Waals surface area contributed by atoms with Crippen molar-refractivity contribution in [2.45, 2.75) is 123 Å². The molecule has 2 heterocycles. The summed E-state index contributed by atoms with van der Waals surface area (Å²) in [6.45, 7) is 12.9. The van der Waals surface area contributed by atoms with Crippen molar-refractivity contribution in [3.05, 3.63) is 23.8 Å². The largest absolute Gasteiger partial charge is 0.461 e. The normalized spacial score (nSPS) is 38.7. The Morgan fingerprint density at radius 3 is 1.96 bits per heavy atom. The number of fused-ring (bicyclic) bond motifs is 3. The molecule has 0 aromatic carbocycles. The molecule has 0 unspecified atom stereocenters. The van der Waals surface area contributed by atoms with Gasteiger partial charge in [0.15, 0.2) is 17.8 Å². The molecule has 2 aliphatic heterocycles. The summed E-state index contributed by atoms with van der Waals surface area (Å²) in [6.07, 6.45) is -5.50. The van der Waals surface area contributed by atoms with Crippen LogP contribution in [0.2, 0.25) is 0 Å². The van der Waals surface area contributed by atoms with Gasteiger partial charge >= 0.3 is 35.8 Å². The Bertz CT molecular complexity index is 1460. The molecule has 4 aliphatic rings. The number of ether oxygens (including phenoxy) is 7. The van der Waals surface area contributed by atoms with E-state index in [4.69, 9.17) is 33.2 Å². The van der Waals surface area contributed by atoms with Gasteiger partial charge in [-0.15, -0.1) is 0 Å². The molecule has 51 heavy (non-hydrogen) atoms. The third kappa shape index (κ3) is 7.85. The number of carbonyl (C=O) groups is 6. The molecule has 15 heteroatoms. The summed E-state index contributed by atoms with van der Waals surface area (Å²) in [6, 6.07) is 0. The molecule has 0 aromatic heterocycles. The summed E-state index contributed by atoms with van der Waals surface area (Å²) < 4.78 is 40.8. The minimum Gasteiger partial charge on any atom is -0.461 e. The molecular weight excluding hydrogens is 672 g/mol. The lowest BCUT2D eigenvalue weighted by Crippen LogP contribution is -2.75. The average Bonchev–Trinajstić information content (AvgIpc) is 3.75. The number of aliphatic hydroxyl groups is 2. The first-order valence-electron chi connectivity index (χ1n) is 17.2. The smallest absolute Gasteiger partial charge is 0.312 e. The Morgan fingerprint density at radius 1 is 0.882 bits per heavy atom. The van der Waals surface area contributed by atoms with Gasteiger partial charge < -0.3 is 43.4 Å². The van der Waals surface area contributed by atoms with E-state index in [9.17, 15) is 39.0 Å². The number of epoxide rings is 1. The fraction of sp³-hybridized carbons (Fsp3) is 0.722. The summed E-state index contributed by atoms with van der Waals surface area (Å²) in [5.74, 6) is -7.63. The fourth-order valence-electron chi connectivity index (χ4n) is 7.72. The first kappa shape index (κ1) is 40.0. The van der Waals surface area contributed by atoms with Crippen molar-refractivity contribution in [2.75, 3.05) is 13.2 Å². The van der Waals surface area contributed by atoms with Gasteiger partial charge in [0, 0.05) is 39.5 Å². The molecule has 0 amide bonds. The van der Waals surface area contributed by atoms with Crippen LogP contribution in [0.3, 0.4) is 0 Å². The summed E-state index contributed by atoms with van der Waals surface area (Å²) in [7, 11) is 0. The Hall–Kier alpha value is -3.82. The van der Waals surface area contributed by atoms with E-state index in [2.05, 4.69) is 0 Å². The molecule has 3 fully saturated rings. The number of carbonyl (C=O) groups excluding carboxylic acids is 6. The van der Waals surface area contributed by atoms with Crippen LogP contribution < -0.4 is 0 Å². The summed E-state index contributed by atoms with van der Waals surface area (Å²) in [5, 5.41) is 24.9. The third-order valence-electron chi connectivity index (χ3n) is 10.0. The molecule has 2 aliphatic carbocycles. The Morgan fingerprint density at radius 2 is 1.43 bits per heavy atom. The van der Waals surface area contributed by atoms with Gasteiger partial charge in [0.2, 0.25) is 0 Å². The molecule has 0 radical (unpaired) electrons. The zero-order valence-electron chi connectivity index (χ0n) is 30.5. The van der Waals surface area contributed by atoms with Gasteiger partial charge in [-0.1, -0.05) is 40.7 Å². The summed E-state index contributed by atoms with van der Waals surface area (Å²) >= 11 is 0. The zero-order chi connectivity index (χ0) is 38.2. The first-order valence-corrected chi connectivity index (χ1v) is 17.2. The molecule has 0 aromatic rings. The second kappa shape index (κ2) is 15.0. The number of esters is 6. The van der Waals surface area contributed by atoms with E-state index in [1.54, 1.807) is 13.8 Å². The van der Waals surface area contributed by atoms with Crippen LogP contribution in [0.1, 0.15) is 75.2 Å². The van der Waals surface area contributed by atoms with Crippen molar-refractivity contribution < 1.29 is 72.1 Å². The molecular formula is C36H50O15. The second-order valence-electron chi connectivity index (χ2n) is 15.0. The van der Waals surface area contributed by atoms with E-state index in [-0.39, 0.29) is 43.5 Å². The van der Waals surface area contributed by atoms with Crippen molar-refractivity contribution in [2.24, 2.45) is 29.1 Å². The quantitative estimate of drug-likeness (QED) is 0.187. The molecule has 11 atom stereocenters. The van der Waals surface area contributed by atoms with Crippen LogP contribution in [-0.4, -0.2) is 107 Å². The molecule has 284 valence electrons. The maximum absolute atomic E-state index is 13.4. The van der Waals surface area contributed by atoms with Gasteiger partial charge in [-0.25, -0.2) is 0 Å². The lowest BCUT2D eigenvalue weighted by atomic mass is 9.51. The van der Waals surface area contributed by atoms with E-state index in [1.165, 1.54) is 32.1 Å². The molecule has 1 spiro atoms. The predicted octanol–water partition coefficient (Wildman–Crippen LogP) is 1.88. The fourth-order valence-corrected chi connectivity index (χ4v) is 7.72. The lowest BCUT2D eigenvalue weighted by Gasteiger charge is -2.58. The average molecular weight is 723 g/mol. The highest BCUT2D eigenvalue weighted by molar-refractivity contribution is 5.78. The maximum Gasteiger partial charge on any atom is 0.312 e. The SMILES string of the molecule is CC(=O)O[C@@H]1[C@H](O)[C@H](OC(=O)CC(C)C)[C@]2(C)[C@@H](OC(C)=O)/C=C\C(COC(=O)CC(C)C)=C/[C@@H]3OC(=O)[C@H](C)[C@@]3(O)[C@@H](OC(C)=O)[C@H]2[C@@]12CO2. The van der Waals surface area contributed by atoms with Gasteiger partial charge in [0.1, 0.15) is 36.6 Å².